The van der Waals surface area contributed by atoms with Crippen LogP contribution in [0.1, 0.15) is 38.9 Å². The van der Waals surface area contributed by atoms with Crippen LogP contribution in [0.2, 0.25) is 0 Å². The summed E-state index contributed by atoms with van der Waals surface area (Å²) in [7, 11) is 0. The number of aliphatic hydroxyl groups excluding tert-OH is 1. The van der Waals surface area contributed by atoms with E-state index in [2.05, 4.69) is 15.3 Å². The number of Topliss-reactive ketones (excluding diaryl/α,β-unsaturated/α-hetero) is 1. The molecule has 3 heterocycles. The molecule has 162 valence electrons. The van der Waals surface area contributed by atoms with Crippen molar-refractivity contribution in [1.82, 2.24) is 9.97 Å². The van der Waals surface area contributed by atoms with E-state index in [0.717, 1.165) is 5.01 Å². The van der Waals surface area contributed by atoms with Gasteiger partial charge in [0.25, 0.3) is 5.91 Å². The molecule has 3 aromatic rings. The molecule has 1 atom stereocenters. The van der Waals surface area contributed by atoms with Gasteiger partial charge in [0.1, 0.15) is 0 Å². The SMILES string of the molecule is CC(=O)Nc1ccc(N2C(=O)C(O)=C(C(=O)c3sc(C)nc3C)C2c2ccncc2)cc1. The third-order valence-corrected chi connectivity index (χ3v) is 6.12. The summed E-state index contributed by atoms with van der Waals surface area (Å²) in [4.78, 5) is 48.0. The summed E-state index contributed by atoms with van der Waals surface area (Å²) in [6.45, 7) is 4.93. The van der Waals surface area contributed by atoms with Gasteiger partial charge in [-0.25, -0.2) is 4.98 Å². The first-order chi connectivity index (χ1) is 15.3. The van der Waals surface area contributed by atoms with Crippen LogP contribution in [-0.2, 0) is 9.59 Å². The van der Waals surface area contributed by atoms with E-state index in [1.807, 2.05) is 0 Å². The number of nitrogens with one attached hydrogen (secondary N) is 1. The lowest BCUT2D eigenvalue weighted by Gasteiger charge is -2.27. The third-order valence-electron chi connectivity index (χ3n) is 5.05. The zero-order chi connectivity index (χ0) is 23.0. The van der Waals surface area contributed by atoms with Crippen molar-refractivity contribution in [3.8, 4) is 0 Å². The molecular formula is C23H20N4O4S. The number of aryl methyl sites for hydroxylation is 2. The molecule has 0 saturated heterocycles. The van der Waals surface area contributed by atoms with Gasteiger partial charge in [-0.1, -0.05) is 0 Å². The number of aliphatic hydroxyl groups is 1. The number of nitrogens with zero attached hydrogens (tertiary/aromatic N) is 3. The maximum atomic E-state index is 13.5. The average Bonchev–Trinajstić information content (AvgIpc) is 3.24. The van der Waals surface area contributed by atoms with Crippen LogP contribution in [-0.4, -0.2) is 32.7 Å². The Labute approximate surface area is 188 Å². The lowest BCUT2D eigenvalue weighted by atomic mass is 9.95. The van der Waals surface area contributed by atoms with Crippen molar-refractivity contribution in [3.05, 3.63) is 81.3 Å². The van der Waals surface area contributed by atoms with Crippen LogP contribution in [0.15, 0.2) is 60.1 Å². The molecule has 0 radical (unpaired) electrons. The second-order valence-corrected chi connectivity index (χ2v) is 8.53. The minimum atomic E-state index is -0.841. The van der Waals surface area contributed by atoms with Crippen LogP contribution >= 0.6 is 11.3 Å². The zero-order valence-electron chi connectivity index (χ0n) is 17.6. The number of benzene rings is 1. The number of amides is 2. The molecule has 8 nitrogen and oxygen atoms in total. The number of thiazole rings is 1. The molecule has 1 unspecified atom stereocenters. The van der Waals surface area contributed by atoms with Crippen molar-refractivity contribution in [2.24, 2.45) is 0 Å². The summed E-state index contributed by atoms with van der Waals surface area (Å²) in [5, 5.41) is 14.2. The number of anilines is 2. The van der Waals surface area contributed by atoms with E-state index in [-0.39, 0.29) is 11.5 Å². The highest BCUT2D eigenvalue weighted by Crippen LogP contribution is 2.42. The number of carbonyl (C=O) groups excluding carboxylic acids is 3. The highest BCUT2D eigenvalue weighted by atomic mass is 32.1. The van der Waals surface area contributed by atoms with E-state index in [1.54, 1.807) is 62.6 Å². The van der Waals surface area contributed by atoms with E-state index in [9.17, 15) is 19.5 Å². The lowest BCUT2D eigenvalue weighted by Crippen LogP contribution is -2.31. The van der Waals surface area contributed by atoms with Gasteiger partial charge in [-0.05, 0) is 55.8 Å². The Morgan fingerprint density at radius 1 is 1.09 bits per heavy atom. The Balaban J connectivity index is 1.81. The van der Waals surface area contributed by atoms with E-state index in [1.165, 1.54) is 23.2 Å². The first-order valence-corrected chi connectivity index (χ1v) is 10.6. The Morgan fingerprint density at radius 2 is 1.75 bits per heavy atom. The topological polar surface area (TPSA) is 112 Å². The summed E-state index contributed by atoms with van der Waals surface area (Å²) in [6, 6.07) is 9.18. The highest BCUT2D eigenvalue weighted by molar-refractivity contribution is 7.14. The fraction of sp³-hybridized carbons (Fsp3) is 0.174. The van der Waals surface area contributed by atoms with Crippen molar-refractivity contribution in [1.29, 1.82) is 0 Å². The fourth-order valence-corrected chi connectivity index (χ4v) is 4.61. The monoisotopic (exact) mass is 448 g/mol. The summed E-state index contributed by atoms with van der Waals surface area (Å²) in [6.07, 6.45) is 3.13. The summed E-state index contributed by atoms with van der Waals surface area (Å²) in [5.41, 5.74) is 2.22. The Morgan fingerprint density at radius 3 is 2.31 bits per heavy atom. The first kappa shape index (κ1) is 21.4. The number of hydrogen-bond donors (Lipinski definition) is 2. The van der Waals surface area contributed by atoms with Gasteiger partial charge in [-0.15, -0.1) is 11.3 Å². The van der Waals surface area contributed by atoms with Gasteiger partial charge in [-0.2, -0.15) is 0 Å². The molecule has 2 amide bonds. The van der Waals surface area contributed by atoms with E-state index >= 15 is 0 Å². The number of hydrogen-bond acceptors (Lipinski definition) is 7. The number of ketones is 1. The van der Waals surface area contributed by atoms with Crippen molar-refractivity contribution >= 4 is 40.3 Å². The van der Waals surface area contributed by atoms with Gasteiger partial charge in [0.05, 0.1) is 27.2 Å². The normalized spacial score (nSPS) is 15.9. The third kappa shape index (κ3) is 3.78. The predicted molar refractivity (Wildman–Crippen MR) is 121 cm³/mol. The number of pyridine rings is 1. The Kier molecular flexibility index (Phi) is 5.58. The quantitative estimate of drug-likeness (QED) is 0.573. The number of carbonyl (C=O) groups is 3. The summed E-state index contributed by atoms with van der Waals surface area (Å²) >= 11 is 1.23. The lowest BCUT2D eigenvalue weighted by molar-refractivity contribution is -0.117. The van der Waals surface area contributed by atoms with Crippen LogP contribution in [0.3, 0.4) is 0 Å². The van der Waals surface area contributed by atoms with Gasteiger partial charge < -0.3 is 10.4 Å². The molecular weight excluding hydrogens is 428 g/mol. The molecule has 32 heavy (non-hydrogen) atoms. The Hall–Kier alpha value is -3.85. The molecule has 2 aromatic heterocycles. The largest absolute Gasteiger partial charge is 0.503 e. The summed E-state index contributed by atoms with van der Waals surface area (Å²) < 4.78 is 0. The second-order valence-electron chi connectivity index (χ2n) is 7.33. The molecule has 4 rings (SSSR count). The van der Waals surface area contributed by atoms with Crippen molar-refractivity contribution in [2.75, 3.05) is 10.2 Å². The maximum absolute atomic E-state index is 13.5. The van der Waals surface area contributed by atoms with Gasteiger partial charge in [0, 0.05) is 30.7 Å². The molecule has 0 spiro atoms. The molecule has 0 bridgehead atoms. The second kappa shape index (κ2) is 8.35. The van der Waals surface area contributed by atoms with Crippen LogP contribution in [0, 0.1) is 13.8 Å². The van der Waals surface area contributed by atoms with Crippen LogP contribution < -0.4 is 10.2 Å². The number of rotatable bonds is 5. The van der Waals surface area contributed by atoms with E-state index < -0.39 is 23.5 Å². The minimum absolute atomic E-state index is 0.00103. The molecule has 2 N–H and O–H groups in total. The van der Waals surface area contributed by atoms with Gasteiger partial charge in [-0.3, -0.25) is 24.3 Å². The standard InChI is InChI=1S/C23H20N4O4S/c1-12-22(32-14(3)25-12)20(29)18-19(15-8-10-24-11-9-15)27(23(31)21(18)30)17-6-4-16(5-7-17)26-13(2)28/h4-11,19,30H,1-3H3,(H,26,28). The average molecular weight is 449 g/mol. The van der Waals surface area contributed by atoms with Gasteiger partial charge in [0.2, 0.25) is 11.7 Å². The van der Waals surface area contributed by atoms with Gasteiger partial charge in [0.15, 0.2) is 5.76 Å². The molecule has 0 saturated carbocycles. The maximum Gasteiger partial charge on any atom is 0.294 e. The molecule has 0 fully saturated rings. The molecule has 1 aliphatic heterocycles. The molecule has 0 aliphatic carbocycles. The van der Waals surface area contributed by atoms with Gasteiger partial charge >= 0.3 is 0 Å². The van der Waals surface area contributed by atoms with Crippen molar-refractivity contribution in [3.63, 3.8) is 0 Å². The smallest absolute Gasteiger partial charge is 0.294 e. The molecule has 9 heteroatoms. The van der Waals surface area contributed by atoms with Crippen LogP contribution in [0.5, 0.6) is 0 Å². The zero-order valence-corrected chi connectivity index (χ0v) is 18.4. The van der Waals surface area contributed by atoms with Crippen molar-refractivity contribution in [2.45, 2.75) is 26.8 Å². The molecule has 1 aromatic carbocycles. The summed E-state index contributed by atoms with van der Waals surface area (Å²) in [5.74, 6) is -1.92. The van der Waals surface area contributed by atoms with Crippen LogP contribution in [0.4, 0.5) is 11.4 Å². The highest BCUT2D eigenvalue weighted by Gasteiger charge is 2.45. The Bertz CT molecular complexity index is 1250. The van der Waals surface area contributed by atoms with E-state index in [4.69, 9.17) is 0 Å². The minimum Gasteiger partial charge on any atom is -0.503 e. The van der Waals surface area contributed by atoms with Crippen molar-refractivity contribution < 1.29 is 19.5 Å². The fourth-order valence-electron chi connectivity index (χ4n) is 3.74. The molecule has 1 aliphatic rings. The van der Waals surface area contributed by atoms with E-state index in [0.29, 0.717) is 27.5 Å². The first-order valence-electron chi connectivity index (χ1n) is 9.81. The predicted octanol–water partition coefficient (Wildman–Crippen LogP) is 3.90. The van der Waals surface area contributed by atoms with Crippen LogP contribution in [0.25, 0.3) is 0 Å². The number of aromatic nitrogens is 2.